The SMILES string of the molecule is Cc1nc(CNC(=O)c2ccc3c(c2)nc(N2CC[C@H](O)C2)n3C)cc(=O)[nH]1. The molecule has 1 aliphatic heterocycles. The number of carbonyl (C=O) groups excluding carboxylic acids is 1. The van der Waals surface area contributed by atoms with Gasteiger partial charge in [0, 0.05) is 31.8 Å². The Labute approximate surface area is 161 Å². The van der Waals surface area contributed by atoms with Crippen LogP contribution in [0.4, 0.5) is 5.95 Å². The molecule has 0 unspecified atom stereocenters. The summed E-state index contributed by atoms with van der Waals surface area (Å²) < 4.78 is 1.97. The van der Waals surface area contributed by atoms with Gasteiger partial charge in [0.15, 0.2) is 0 Å². The molecule has 1 amide bonds. The molecule has 3 N–H and O–H groups in total. The number of anilines is 1. The van der Waals surface area contributed by atoms with Gasteiger partial charge in [0.2, 0.25) is 5.95 Å². The number of aromatic amines is 1. The van der Waals surface area contributed by atoms with E-state index in [2.05, 4.69) is 20.3 Å². The molecule has 3 aromatic rings. The smallest absolute Gasteiger partial charge is 0.251 e. The minimum atomic E-state index is -0.330. The highest BCUT2D eigenvalue weighted by Gasteiger charge is 2.24. The molecule has 0 bridgehead atoms. The molecule has 2 aromatic heterocycles. The van der Waals surface area contributed by atoms with Crippen molar-refractivity contribution in [3.05, 3.63) is 51.7 Å². The number of fused-ring (bicyclic) bond motifs is 1. The summed E-state index contributed by atoms with van der Waals surface area (Å²) >= 11 is 0. The van der Waals surface area contributed by atoms with Crippen molar-refractivity contribution >= 4 is 22.9 Å². The van der Waals surface area contributed by atoms with E-state index in [1.54, 1.807) is 19.1 Å². The number of aliphatic hydroxyl groups is 1. The van der Waals surface area contributed by atoms with Crippen molar-refractivity contribution in [3.8, 4) is 0 Å². The summed E-state index contributed by atoms with van der Waals surface area (Å²) in [5.41, 5.74) is 2.38. The standard InChI is InChI=1S/C19H22N6O3/c1-11-21-13(8-17(27)22-11)9-20-18(28)12-3-4-16-15(7-12)23-19(24(16)2)25-6-5-14(26)10-25/h3-4,7-8,14,26H,5-6,9-10H2,1-2H3,(H,20,28)(H,21,22,27)/t14-/m0/s1. The zero-order chi connectivity index (χ0) is 19.8. The fraction of sp³-hybridized carbons (Fsp3) is 0.368. The Kier molecular flexibility index (Phi) is 4.60. The van der Waals surface area contributed by atoms with Crippen molar-refractivity contribution in [2.24, 2.45) is 7.05 Å². The lowest BCUT2D eigenvalue weighted by molar-refractivity contribution is 0.0950. The third-order valence-electron chi connectivity index (χ3n) is 4.91. The van der Waals surface area contributed by atoms with E-state index in [0.29, 0.717) is 23.6 Å². The number of rotatable bonds is 4. The first-order valence-electron chi connectivity index (χ1n) is 9.15. The summed E-state index contributed by atoms with van der Waals surface area (Å²) in [5.74, 6) is 1.03. The minimum Gasteiger partial charge on any atom is -0.391 e. The van der Waals surface area contributed by atoms with E-state index < -0.39 is 0 Å². The van der Waals surface area contributed by atoms with Crippen LogP contribution in [0, 0.1) is 6.92 Å². The fourth-order valence-electron chi connectivity index (χ4n) is 3.54. The molecule has 1 fully saturated rings. The first-order chi connectivity index (χ1) is 13.4. The molecule has 146 valence electrons. The number of hydrogen-bond donors (Lipinski definition) is 3. The molecular weight excluding hydrogens is 360 g/mol. The van der Waals surface area contributed by atoms with Gasteiger partial charge in [-0.1, -0.05) is 0 Å². The molecule has 9 nitrogen and oxygen atoms in total. The maximum Gasteiger partial charge on any atom is 0.251 e. The molecule has 1 aliphatic rings. The highest BCUT2D eigenvalue weighted by atomic mass is 16.3. The lowest BCUT2D eigenvalue weighted by Gasteiger charge is -2.16. The quantitative estimate of drug-likeness (QED) is 0.604. The molecule has 4 rings (SSSR count). The number of carbonyl (C=O) groups is 1. The molecular formula is C19H22N6O3. The molecule has 28 heavy (non-hydrogen) atoms. The van der Waals surface area contributed by atoms with Crippen molar-refractivity contribution in [3.63, 3.8) is 0 Å². The van der Waals surface area contributed by atoms with Crippen LogP contribution in [0.3, 0.4) is 0 Å². The van der Waals surface area contributed by atoms with Gasteiger partial charge in [-0.15, -0.1) is 0 Å². The zero-order valence-electron chi connectivity index (χ0n) is 15.8. The molecule has 0 saturated carbocycles. The van der Waals surface area contributed by atoms with E-state index in [9.17, 15) is 14.7 Å². The van der Waals surface area contributed by atoms with Gasteiger partial charge in [-0.3, -0.25) is 9.59 Å². The predicted molar refractivity (Wildman–Crippen MR) is 104 cm³/mol. The van der Waals surface area contributed by atoms with Crippen LogP contribution in [0.25, 0.3) is 11.0 Å². The highest BCUT2D eigenvalue weighted by Crippen LogP contribution is 2.25. The Morgan fingerprint density at radius 1 is 1.36 bits per heavy atom. The number of aliphatic hydroxyl groups excluding tert-OH is 1. The third-order valence-corrected chi connectivity index (χ3v) is 4.91. The number of β-amino-alcohol motifs (C(OH)–C–C–N with tert-alkyl or cyclic N) is 1. The van der Waals surface area contributed by atoms with Gasteiger partial charge < -0.3 is 24.9 Å². The monoisotopic (exact) mass is 382 g/mol. The first-order valence-corrected chi connectivity index (χ1v) is 9.15. The minimum absolute atomic E-state index is 0.167. The van der Waals surface area contributed by atoms with Crippen LogP contribution < -0.4 is 15.8 Å². The van der Waals surface area contributed by atoms with E-state index in [1.165, 1.54) is 6.07 Å². The molecule has 0 spiro atoms. The average Bonchev–Trinajstić information content (AvgIpc) is 3.22. The number of nitrogens with zero attached hydrogens (tertiary/aromatic N) is 4. The number of imidazole rings is 1. The van der Waals surface area contributed by atoms with Crippen LogP contribution in [0.5, 0.6) is 0 Å². The second-order valence-electron chi connectivity index (χ2n) is 7.07. The van der Waals surface area contributed by atoms with Crippen molar-refractivity contribution in [1.29, 1.82) is 0 Å². The highest BCUT2D eigenvalue weighted by molar-refractivity contribution is 5.97. The van der Waals surface area contributed by atoms with E-state index >= 15 is 0 Å². The average molecular weight is 382 g/mol. The van der Waals surface area contributed by atoms with Crippen LogP contribution in [-0.2, 0) is 13.6 Å². The maximum atomic E-state index is 12.5. The lowest BCUT2D eigenvalue weighted by atomic mass is 10.2. The third kappa shape index (κ3) is 3.48. The van der Waals surface area contributed by atoms with Crippen molar-refractivity contribution in [2.45, 2.75) is 26.0 Å². The maximum absolute atomic E-state index is 12.5. The second-order valence-corrected chi connectivity index (χ2v) is 7.07. The Hall–Kier alpha value is -3.20. The molecule has 3 heterocycles. The molecule has 1 saturated heterocycles. The molecule has 0 aliphatic carbocycles. The Morgan fingerprint density at radius 3 is 2.89 bits per heavy atom. The zero-order valence-corrected chi connectivity index (χ0v) is 15.8. The Bertz CT molecular complexity index is 1100. The van der Waals surface area contributed by atoms with E-state index in [0.717, 1.165) is 29.9 Å². The van der Waals surface area contributed by atoms with Gasteiger partial charge in [0.1, 0.15) is 5.82 Å². The summed E-state index contributed by atoms with van der Waals surface area (Å²) in [6.45, 7) is 3.18. The topological polar surface area (TPSA) is 116 Å². The van der Waals surface area contributed by atoms with Gasteiger partial charge in [0.05, 0.1) is 29.4 Å². The Balaban J connectivity index is 1.53. The molecule has 1 atom stereocenters. The van der Waals surface area contributed by atoms with Crippen molar-refractivity contribution in [2.75, 3.05) is 18.0 Å². The molecule has 9 heteroatoms. The van der Waals surface area contributed by atoms with Gasteiger partial charge in [-0.2, -0.15) is 0 Å². The lowest BCUT2D eigenvalue weighted by Crippen LogP contribution is -2.24. The predicted octanol–water partition coefficient (Wildman–Crippen LogP) is 0.466. The van der Waals surface area contributed by atoms with Gasteiger partial charge in [-0.25, -0.2) is 9.97 Å². The number of nitrogens with one attached hydrogen (secondary N) is 2. The van der Waals surface area contributed by atoms with Gasteiger partial charge >= 0.3 is 0 Å². The summed E-state index contributed by atoms with van der Waals surface area (Å²) in [7, 11) is 1.93. The first kappa shape index (κ1) is 18.2. The van der Waals surface area contributed by atoms with E-state index in [-0.39, 0.29) is 24.1 Å². The largest absolute Gasteiger partial charge is 0.391 e. The molecule has 0 radical (unpaired) electrons. The van der Waals surface area contributed by atoms with Crippen molar-refractivity contribution in [1.82, 2.24) is 24.8 Å². The van der Waals surface area contributed by atoms with Crippen molar-refractivity contribution < 1.29 is 9.90 Å². The number of hydrogen-bond acceptors (Lipinski definition) is 6. The number of H-pyrrole nitrogens is 1. The van der Waals surface area contributed by atoms with E-state index in [1.807, 2.05) is 22.6 Å². The summed E-state index contributed by atoms with van der Waals surface area (Å²) in [6, 6.07) is 6.73. The number of aryl methyl sites for hydroxylation is 2. The van der Waals surface area contributed by atoms with Gasteiger partial charge in [0.25, 0.3) is 11.5 Å². The fourth-order valence-corrected chi connectivity index (χ4v) is 3.54. The summed E-state index contributed by atoms with van der Waals surface area (Å²) in [6.07, 6.45) is 0.399. The number of aromatic nitrogens is 4. The summed E-state index contributed by atoms with van der Waals surface area (Å²) in [5, 5.41) is 12.6. The van der Waals surface area contributed by atoms with Crippen LogP contribution >= 0.6 is 0 Å². The van der Waals surface area contributed by atoms with Crippen LogP contribution in [0.2, 0.25) is 0 Å². The normalized spacial score (nSPS) is 16.7. The van der Waals surface area contributed by atoms with E-state index in [4.69, 9.17) is 0 Å². The Morgan fingerprint density at radius 2 is 2.18 bits per heavy atom. The van der Waals surface area contributed by atoms with Gasteiger partial charge in [-0.05, 0) is 31.5 Å². The van der Waals surface area contributed by atoms with Crippen LogP contribution in [0.1, 0.15) is 28.3 Å². The number of benzene rings is 1. The number of amides is 1. The van der Waals surface area contributed by atoms with Crippen LogP contribution in [0.15, 0.2) is 29.1 Å². The second kappa shape index (κ2) is 7.08. The molecule has 1 aromatic carbocycles. The van der Waals surface area contributed by atoms with Crippen LogP contribution in [-0.4, -0.2) is 49.7 Å². The summed E-state index contributed by atoms with van der Waals surface area (Å²) in [4.78, 5) is 37.5.